The third-order valence-electron chi connectivity index (χ3n) is 13.9. The number of fused-ring (bicyclic) bond motifs is 11. The highest BCUT2D eigenvalue weighted by Gasteiger charge is 2.48. The predicted octanol–water partition coefficient (Wildman–Crippen LogP) is 15.2. The number of rotatable bonds is 5. The Morgan fingerprint density at radius 1 is 0.424 bits per heavy atom. The average molecular weight is 754 g/mol. The van der Waals surface area contributed by atoms with E-state index < -0.39 is 0 Å². The van der Waals surface area contributed by atoms with Crippen molar-refractivity contribution in [2.24, 2.45) is 0 Å². The Morgan fingerprint density at radius 2 is 1.05 bits per heavy atom. The first-order valence-corrected chi connectivity index (χ1v) is 21.1. The summed E-state index contributed by atoms with van der Waals surface area (Å²) >= 11 is 0. The van der Waals surface area contributed by atoms with Crippen molar-refractivity contribution >= 4 is 27.8 Å². The monoisotopic (exact) mass is 753 g/mol. The Kier molecular flexibility index (Phi) is 7.38. The highest BCUT2D eigenvalue weighted by atomic mass is 15.1. The quantitative estimate of drug-likeness (QED) is 0.169. The van der Waals surface area contributed by atoms with Crippen LogP contribution in [0, 0.1) is 0 Å². The topological polar surface area (TPSA) is 3.24 Å². The largest absolute Gasteiger partial charge is 0.310 e. The first kappa shape index (κ1) is 34.1. The van der Waals surface area contributed by atoms with Crippen LogP contribution in [0.1, 0.15) is 53.6 Å². The van der Waals surface area contributed by atoms with Crippen molar-refractivity contribution in [1.82, 2.24) is 0 Å². The maximum Gasteiger partial charge on any atom is 0.0546 e. The summed E-state index contributed by atoms with van der Waals surface area (Å²) < 4.78 is 0. The van der Waals surface area contributed by atoms with Crippen LogP contribution in [0.2, 0.25) is 0 Å². The molecule has 0 amide bonds. The number of aryl methyl sites for hydroxylation is 1. The lowest BCUT2D eigenvalue weighted by molar-refractivity contribution is 0.626. The third-order valence-corrected chi connectivity index (χ3v) is 13.9. The van der Waals surface area contributed by atoms with E-state index in [0.29, 0.717) is 0 Å². The van der Waals surface area contributed by atoms with E-state index in [-0.39, 0.29) is 10.8 Å². The normalized spacial score (nSPS) is 16.4. The molecule has 12 rings (SSSR count). The minimum absolute atomic E-state index is 0.0975. The molecule has 0 heterocycles. The van der Waals surface area contributed by atoms with Gasteiger partial charge in [0.1, 0.15) is 0 Å². The first-order chi connectivity index (χ1) is 29.0. The highest BCUT2D eigenvalue weighted by Crippen LogP contribution is 2.60. The molecule has 3 aliphatic rings. The van der Waals surface area contributed by atoms with E-state index in [1.54, 1.807) is 0 Å². The lowest BCUT2D eigenvalue weighted by Gasteiger charge is -2.32. The molecule has 1 heteroatoms. The zero-order valence-corrected chi connectivity index (χ0v) is 33.4. The van der Waals surface area contributed by atoms with E-state index in [4.69, 9.17) is 0 Å². The minimum atomic E-state index is -0.183. The zero-order valence-electron chi connectivity index (χ0n) is 33.4. The van der Waals surface area contributed by atoms with Crippen molar-refractivity contribution in [2.45, 2.75) is 37.5 Å². The Bertz CT molecular complexity index is 3130. The second-order valence-electron chi connectivity index (χ2n) is 17.2. The third kappa shape index (κ3) is 4.85. The SMILES string of the molecule is CC1(C)c2ccccc2-c2cccc(-c3ccc(N(c4ccc5c(c4)C4(CCc6ccccc64)c4ccccc4-5)c4ccc5ccccc5c4-c4ccccc4)cc3)c21. The van der Waals surface area contributed by atoms with Gasteiger partial charge in [0, 0.05) is 27.8 Å². The van der Waals surface area contributed by atoms with Gasteiger partial charge in [-0.1, -0.05) is 184 Å². The van der Waals surface area contributed by atoms with E-state index in [2.05, 4.69) is 219 Å². The minimum Gasteiger partial charge on any atom is -0.310 e. The van der Waals surface area contributed by atoms with Gasteiger partial charge in [-0.15, -0.1) is 0 Å². The fourth-order valence-electron chi connectivity index (χ4n) is 11.3. The Labute approximate surface area is 346 Å². The van der Waals surface area contributed by atoms with Gasteiger partial charge in [-0.05, 0) is 126 Å². The van der Waals surface area contributed by atoms with Crippen molar-refractivity contribution in [3.8, 4) is 44.5 Å². The van der Waals surface area contributed by atoms with Gasteiger partial charge in [0.25, 0.3) is 0 Å². The number of hydrogen-bond donors (Lipinski definition) is 0. The second kappa shape index (κ2) is 12.8. The van der Waals surface area contributed by atoms with E-state index in [9.17, 15) is 0 Å². The Morgan fingerprint density at radius 3 is 1.88 bits per heavy atom. The molecule has 1 atom stereocenters. The van der Waals surface area contributed by atoms with Gasteiger partial charge < -0.3 is 4.90 Å². The molecule has 0 bridgehead atoms. The molecule has 0 radical (unpaired) electrons. The maximum atomic E-state index is 2.53. The molecule has 9 aromatic rings. The van der Waals surface area contributed by atoms with Gasteiger partial charge in [-0.3, -0.25) is 0 Å². The summed E-state index contributed by atoms with van der Waals surface area (Å²) in [5.74, 6) is 0. The van der Waals surface area contributed by atoms with Crippen molar-refractivity contribution in [3.05, 3.63) is 234 Å². The van der Waals surface area contributed by atoms with E-state index in [1.165, 1.54) is 88.7 Å². The molecular weight excluding hydrogens is 711 g/mol. The fourth-order valence-corrected chi connectivity index (χ4v) is 11.3. The molecule has 0 aromatic heterocycles. The molecule has 0 N–H and O–H groups in total. The van der Waals surface area contributed by atoms with E-state index in [1.807, 2.05) is 0 Å². The first-order valence-electron chi connectivity index (χ1n) is 21.1. The van der Waals surface area contributed by atoms with Gasteiger partial charge in [0.15, 0.2) is 0 Å². The second-order valence-corrected chi connectivity index (χ2v) is 17.2. The van der Waals surface area contributed by atoms with Crippen LogP contribution in [0.3, 0.4) is 0 Å². The summed E-state index contributed by atoms with van der Waals surface area (Å²) in [5, 5.41) is 2.48. The van der Waals surface area contributed by atoms with Crippen molar-refractivity contribution < 1.29 is 0 Å². The van der Waals surface area contributed by atoms with E-state index in [0.717, 1.165) is 29.9 Å². The molecular formula is C58H43N. The number of nitrogens with zero attached hydrogens (tertiary/aromatic N) is 1. The lowest BCUT2D eigenvalue weighted by atomic mass is 9.73. The Balaban J connectivity index is 1.08. The van der Waals surface area contributed by atoms with Crippen LogP contribution >= 0.6 is 0 Å². The molecule has 0 aliphatic heterocycles. The highest BCUT2D eigenvalue weighted by molar-refractivity contribution is 6.05. The smallest absolute Gasteiger partial charge is 0.0546 e. The number of anilines is 3. The summed E-state index contributed by atoms with van der Waals surface area (Å²) in [6.07, 6.45) is 2.15. The number of benzene rings is 9. The van der Waals surface area contributed by atoms with Gasteiger partial charge in [-0.25, -0.2) is 0 Å². The molecule has 0 saturated carbocycles. The zero-order chi connectivity index (χ0) is 39.3. The van der Waals surface area contributed by atoms with Crippen LogP contribution < -0.4 is 4.90 Å². The summed E-state index contributed by atoms with van der Waals surface area (Å²) in [6.45, 7) is 4.76. The Hall–Kier alpha value is -6.96. The van der Waals surface area contributed by atoms with Gasteiger partial charge in [0.05, 0.1) is 5.69 Å². The molecule has 3 aliphatic carbocycles. The van der Waals surface area contributed by atoms with Crippen LogP contribution in [-0.4, -0.2) is 0 Å². The van der Waals surface area contributed by atoms with Crippen LogP contribution in [-0.2, 0) is 17.3 Å². The molecule has 1 spiro atoms. The molecule has 0 saturated heterocycles. The van der Waals surface area contributed by atoms with Gasteiger partial charge in [0.2, 0.25) is 0 Å². The summed E-state index contributed by atoms with van der Waals surface area (Å²) in [7, 11) is 0. The van der Waals surface area contributed by atoms with Crippen LogP contribution in [0.5, 0.6) is 0 Å². The molecule has 1 nitrogen and oxygen atoms in total. The average Bonchev–Trinajstić information content (AvgIpc) is 3.90. The van der Waals surface area contributed by atoms with Crippen LogP contribution in [0.25, 0.3) is 55.3 Å². The maximum absolute atomic E-state index is 2.53. The van der Waals surface area contributed by atoms with Gasteiger partial charge in [-0.2, -0.15) is 0 Å². The lowest BCUT2D eigenvalue weighted by Crippen LogP contribution is -2.24. The number of hydrogen-bond acceptors (Lipinski definition) is 1. The van der Waals surface area contributed by atoms with Crippen molar-refractivity contribution in [2.75, 3.05) is 4.90 Å². The van der Waals surface area contributed by atoms with Crippen LogP contribution in [0.15, 0.2) is 200 Å². The molecule has 9 aromatic carbocycles. The van der Waals surface area contributed by atoms with Gasteiger partial charge >= 0.3 is 0 Å². The summed E-state index contributed by atoms with van der Waals surface area (Å²) in [6, 6.07) is 75.1. The predicted molar refractivity (Wildman–Crippen MR) is 247 cm³/mol. The molecule has 59 heavy (non-hydrogen) atoms. The van der Waals surface area contributed by atoms with Crippen molar-refractivity contribution in [1.29, 1.82) is 0 Å². The van der Waals surface area contributed by atoms with E-state index >= 15 is 0 Å². The van der Waals surface area contributed by atoms with Crippen LogP contribution in [0.4, 0.5) is 17.1 Å². The standard InChI is InChI=1S/C58H43N/c1-57(2)51-25-12-9-21-47(51)49-23-14-22-45(56(49)57)39-27-30-42(31-28-39)59(54-34-29-38-15-6-8-19-44(38)55(54)41-17-4-3-5-18-41)43-32-33-48-46-20-10-13-26-52(46)58(53(48)37-43)36-35-40-16-7-11-24-50(40)58/h3-34,37H,35-36H2,1-2H3. The summed E-state index contributed by atoms with van der Waals surface area (Å²) in [5.41, 5.74) is 22.1. The molecule has 0 fully saturated rings. The summed E-state index contributed by atoms with van der Waals surface area (Å²) in [4.78, 5) is 2.52. The molecule has 280 valence electrons. The molecule has 1 unspecified atom stereocenters. The van der Waals surface area contributed by atoms with Crippen molar-refractivity contribution in [3.63, 3.8) is 0 Å². The fraction of sp³-hybridized carbons (Fsp3) is 0.103.